The van der Waals surface area contributed by atoms with Gasteiger partial charge in [0.25, 0.3) is 0 Å². The van der Waals surface area contributed by atoms with Crippen molar-refractivity contribution < 1.29 is 0 Å². The minimum Gasteiger partial charge on any atom is -0.302 e. The average molecular weight is 220 g/mol. The van der Waals surface area contributed by atoms with Crippen LogP contribution in [-0.2, 0) is 0 Å². The molecule has 1 aromatic rings. The van der Waals surface area contributed by atoms with Gasteiger partial charge in [-0.3, -0.25) is 0 Å². The molecule has 0 aromatic heterocycles. The molecule has 2 nitrogen and oxygen atoms in total. The number of hydrogen-bond acceptors (Lipinski definition) is 3. The highest BCUT2D eigenvalue weighted by molar-refractivity contribution is 7.99. The number of nitrogens with zero attached hydrogens (tertiary/aromatic N) is 1. The van der Waals surface area contributed by atoms with Crippen molar-refractivity contribution in [2.45, 2.75) is 24.8 Å². The van der Waals surface area contributed by atoms with E-state index in [9.17, 15) is 0 Å². The molecule has 80 valence electrons. The number of benzene rings is 1. The highest BCUT2D eigenvalue weighted by atomic mass is 32.2. The summed E-state index contributed by atoms with van der Waals surface area (Å²) in [4.78, 5) is 1.22. The second kappa shape index (κ2) is 6.49. The summed E-state index contributed by atoms with van der Waals surface area (Å²) in [5, 5.41) is 12.0. The lowest BCUT2D eigenvalue weighted by Crippen LogP contribution is -2.29. The van der Waals surface area contributed by atoms with Gasteiger partial charge in [0.1, 0.15) is 6.04 Å². The molecule has 0 amide bonds. The summed E-state index contributed by atoms with van der Waals surface area (Å²) in [7, 11) is 0. The van der Waals surface area contributed by atoms with E-state index >= 15 is 0 Å². The predicted molar refractivity (Wildman–Crippen MR) is 65.0 cm³/mol. The Hall–Kier alpha value is -0.980. The Morgan fingerprint density at radius 3 is 2.60 bits per heavy atom. The summed E-state index contributed by atoms with van der Waals surface area (Å²) >= 11 is 1.72. The lowest BCUT2D eigenvalue weighted by atomic mass is 10.2. The van der Waals surface area contributed by atoms with Gasteiger partial charge in [0.05, 0.1) is 6.07 Å². The summed E-state index contributed by atoms with van der Waals surface area (Å²) in [6.07, 6.45) is 0. The largest absolute Gasteiger partial charge is 0.302 e. The number of aryl methyl sites for hydroxylation is 1. The van der Waals surface area contributed by atoms with E-state index in [0.717, 1.165) is 12.3 Å². The van der Waals surface area contributed by atoms with Gasteiger partial charge < -0.3 is 5.32 Å². The Balaban J connectivity index is 2.42. The Kier molecular flexibility index (Phi) is 5.23. The molecule has 0 aliphatic carbocycles. The van der Waals surface area contributed by atoms with Crippen LogP contribution in [0.2, 0.25) is 0 Å². The summed E-state index contributed by atoms with van der Waals surface area (Å²) in [6, 6.07) is 10.6. The summed E-state index contributed by atoms with van der Waals surface area (Å²) in [5.41, 5.74) is 1.27. The zero-order valence-electron chi connectivity index (χ0n) is 9.16. The number of hydrogen-bond donors (Lipinski definition) is 1. The molecule has 1 N–H and O–H groups in total. The van der Waals surface area contributed by atoms with Crippen molar-refractivity contribution in [3.63, 3.8) is 0 Å². The van der Waals surface area contributed by atoms with Crippen molar-refractivity contribution in [1.29, 1.82) is 5.26 Å². The van der Waals surface area contributed by atoms with E-state index in [1.54, 1.807) is 11.8 Å². The number of nitrogens with one attached hydrogen (secondary N) is 1. The zero-order chi connectivity index (χ0) is 11.1. The van der Waals surface area contributed by atoms with Crippen LogP contribution in [0.3, 0.4) is 0 Å². The Morgan fingerprint density at radius 1 is 1.40 bits per heavy atom. The fraction of sp³-hybridized carbons (Fsp3) is 0.417. The molecule has 1 rings (SSSR count). The fourth-order valence-corrected chi connectivity index (χ4v) is 2.08. The van der Waals surface area contributed by atoms with Crippen molar-refractivity contribution in [2.75, 3.05) is 12.3 Å². The van der Waals surface area contributed by atoms with Crippen LogP contribution in [0.15, 0.2) is 29.2 Å². The maximum Gasteiger partial charge on any atom is 0.105 e. The van der Waals surface area contributed by atoms with Crippen LogP contribution in [0.1, 0.15) is 12.5 Å². The molecule has 1 unspecified atom stereocenters. The van der Waals surface area contributed by atoms with Crippen molar-refractivity contribution in [1.82, 2.24) is 5.32 Å². The van der Waals surface area contributed by atoms with E-state index in [2.05, 4.69) is 42.6 Å². The molecule has 0 bridgehead atoms. The molecular weight excluding hydrogens is 204 g/mol. The molecular formula is C12H16N2S. The monoisotopic (exact) mass is 220 g/mol. The quantitative estimate of drug-likeness (QED) is 0.775. The van der Waals surface area contributed by atoms with Crippen LogP contribution in [0.4, 0.5) is 0 Å². The maximum atomic E-state index is 8.85. The topological polar surface area (TPSA) is 35.8 Å². The first-order valence-corrected chi connectivity index (χ1v) is 6.07. The SMILES string of the molecule is CCNC(C#N)CSc1ccc(C)cc1. The Morgan fingerprint density at radius 2 is 2.07 bits per heavy atom. The van der Waals surface area contributed by atoms with E-state index in [0.29, 0.717) is 0 Å². The third kappa shape index (κ3) is 4.37. The summed E-state index contributed by atoms with van der Waals surface area (Å²) in [5.74, 6) is 0.799. The highest BCUT2D eigenvalue weighted by Gasteiger charge is 2.05. The third-order valence-electron chi connectivity index (χ3n) is 2.04. The van der Waals surface area contributed by atoms with Gasteiger partial charge in [0.15, 0.2) is 0 Å². The first-order chi connectivity index (χ1) is 7.26. The molecule has 15 heavy (non-hydrogen) atoms. The van der Waals surface area contributed by atoms with E-state index in [-0.39, 0.29) is 6.04 Å². The van der Waals surface area contributed by atoms with Crippen LogP contribution in [0, 0.1) is 18.3 Å². The summed E-state index contributed by atoms with van der Waals surface area (Å²) < 4.78 is 0. The van der Waals surface area contributed by atoms with Gasteiger partial charge in [-0.2, -0.15) is 5.26 Å². The minimum absolute atomic E-state index is 0.0543. The molecule has 3 heteroatoms. The van der Waals surface area contributed by atoms with Gasteiger partial charge in [-0.15, -0.1) is 11.8 Å². The lowest BCUT2D eigenvalue weighted by Gasteiger charge is -2.08. The normalized spacial score (nSPS) is 12.1. The fourth-order valence-electron chi connectivity index (χ4n) is 1.20. The van der Waals surface area contributed by atoms with Gasteiger partial charge in [-0.1, -0.05) is 24.6 Å². The number of rotatable bonds is 5. The Bertz CT molecular complexity index is 326. The molecule has 0 spiro atoms. The minimum atomic E-state index is -0.0543. The van der Waals surface area contributed by atoms with Gasteiger partial charge in [0.2, 0.25) is 0 Å². The average Bonchev–Trinajstić information content (AvgIpc) is 2.26. The molecule has 1 aromatic carbocycles. The molecule has 0 aliphatic rings. The van der Waals surface area contributed by atoms with Gasteiger partial charge in [-0.05, 0) is 25.6 Å². The lowest BCUT2D eigenvalue weighted by molar-refractivity contribution is 0.677. The highest BCUT2D eigenvalue weighted by Crippen LogP contribution is 2.18. The second-order valence-electron chi connectivity index (χ2n) is 3.36. The molecule has 0 radical (unpaired) electrons. The van der Waals surface area contributed by atoms with Crippen molar-refractivity contribution in [3.05, 3.63) is 29.8 Å². The number of thioether (sulfide) groups is 1. The van der Waals surface area contributed by atoms with Crippen LogP contribution >= 0.6 is 11.8 Å². The van der Waals surface area contributed by atoms with E-state index in [4.69, 9.17) is 5.26 Å². The van der Waals surface area contributed by atoms with Crippen molar-refractivity contribution >= 4 is 11.8 Å². The van der Waals surface area contributed by atoms with Crippen molar-refractivity contribution in [3.8, 4) is 6.07 Å². The van der Waals surface area contributed by atoms with Crippen LogP contribution in [0.5, 0.6) is 0 Å². The predicted octanol–water partition coefficient (Wildman–Crippen LogP) is 2.59. The van der Waals surface area contributed by atoms with Crippen LogP contribution in [-0.4, -0.2) is 18.3 Å². The standard InChI is InChI=1S/C12H16N2S/c1-3-14-11(8-13)9-15-12-6-4-10(2)5-7-12/h4-7,11,14H,3,9H2,1-2H3. The maximum absolute atomic E-state index is 8.85. The van der Waals surface area contributed by atoms with Crippen LogP contribution < -0.4 is 5.32 Å². The first-order valence-electron chi connectivity index (χ1n) is 5.08. The van der Waals surface area contributed by atoms with Gasteiger partial charge in [0, 0.05) is 10.6 Å². The third-order valence-corrected chi connectivity index (χ3v) is 3.15. The second-order valence-corrected chi connectivity index (χ2v) is 4.46. The molecule has 0 fully saturated rings. The van der Waals surface area contributed by atoms with E-state index in [1.165, 1.54) is 10.5 Å². The molecule has 0 aliphatic heterocycles. The van der Waals surface area contributed by atoms with Gasteiger partial charge >= 0.3 is 0 Å². The van der Waals surface area contributed by atoms with E-state index in [1.807, 2.05) is 6.92 Å². The van der Waals surface area contributed by atoms with E-state index < -0.39 is 0 Å². The molecule has 0 saturated carbocycles. The Labute approximate surface area is 95.7 Å². The molecule has 1 atom stereocenters. The van der Waals surface area contributed by atoms with Crippen molar-refractivity contribution in [2.24, 2.45) is 0 Å². The summed E-state index contributed by atoms with van der Waals surface area (Å²) in [6.45, 7) is 4.93. The zero-order valence-corrected chi connectivity index (χ0v) is 9.97. The molecule has 0 heterocycles. The van der Waals surface area contributed by atoms with Gasteiger partial charge in [-0.25, -0.2) is 0 Å². The van der Waals surface area contributed by atoms with Crippen LogP contribution in [0.25, 0.3) is 0 Å². The first kappa shape index (κ1) is 12.1. The molecule has 0 saturated heterocycles. The smallest absolute Gasteiger partial charge is 0.105 e. The number of nitriles is 1.